The molecule has 1 aliphatic carbocycles. The van der Waals surface area contributed by atoms with Crippen LogP contribution in [-0.2, 0) is 4.79 Å². The van der Waals surface area contributed by atoms with Crippen molar-refractivity contribution in [2.75, 3.05) is 0 Å². The predicted molar refractivity (Wildman–Crippen MR) is 82.0 cm³/mol. The van der Waals surface area contributed by atoms with E-state index in [0.29, 0.717) is 10.9 Å². The number of amides is 1. The van der Waals surface area contributed by atoms with Crippen molar-refractivity contribution in [2.24, 2.45) is 5.92 Å². The highest BCUT2D eigenvalue weighted by molar-refractivity contribution is 6.30. The first-order valence-corrected chi connectivity index (χ1v) is 7.58. The molecule has 0 saturated heterocycles. The zero-order chi connectivity index (χ0) is 14.8. The van der Waals surface area contributed by atoms with Crippen molar-refractivity contribution < 1.29 is 4.79 Å². The average Bonchev–Trinajstić information content (AvgIpc) is 3.18. The maximum Gasteiger partial charge on any atom is 0.245 e. The summed E-state index contributed by atoms with van der Waals surface area (Å²) >= 11 is 5.94. The van der Waals surface area contributed by atoms with Crippen LogP contribution in [0.2, 0.25) is 5.02 Å². The van der Waals surface area contributed by atoms with E-state index < -0.39 is 0 Å². The zero-order valence-electron chi connectivity index (χ0n) is 11.9. The fraction of sp³-hybridized carbons (Fsp3) is 0.375. The van der Waals surface area contributed by atoms with Crippen LogP contribution >= 0.6 is 11.6 Å². The third-order valence-electron chi connectivity index (χ3n) is 3.92. The van der Waals surface area contributed by atoms with Crippen molar-refractivity contribution in [1.29, 1.82) is 0 Å². The van der Waals surface area contributed by atoms with E-state index in [0.717, 1.165) is 18.4 Å². The maximum absolute atomic E-state index is 12.4. The average molecular weight is 304 g/mol. The van der Waals surface area contributed by atoms with Gasteiger partial charge in [-0.05, 0) is 49.4 Å². The Morgan fingerprint density at radius 1 is 1.38 bits per heavy atom. The molecule has 1 heterocycles. The van der Waals surface area contributed by atoms with E-state index in [1.165, 1.54) is 0 Å². The maximum atomic E-state index is 12.4. The molecule has 1 aromatic carbocycles. The Hall–Kier alpha value is -1.81. The minimum atomic E-state index is -0.312. The van der Waals surface area contributed by atoms with Gasteiger partial charge in [0.05, 0.1) is 6.04 Å². The predicted octanol–water partition coefficient (Wildman–Crippen LogP) is 3.37. The third-order valence-corrected chi connectivity index (χ3v) is 4.17. The van der Waals surface area contributed by atoms with E-state index in [2.05, 4.69) is 10.4 Å². The summed E-state index contributed by atoms with van der Waals surface area (Å²) in [6, 6.07) is 9.29. The Morgan fingerprint density at radius 2 is 2.10 bits per heavy atom. The first-order chi connectivity index (χ1) is 10.1. The molecule has 1 fully saturated rings. The lowest BCUT2D eigenvalue weighted by Gasteiger charge is -2.21. The molecule has 0 radical (unpaired) electrons. The molecule has 1 aromatic heterocycles. The molecule has 0 aliphatic heterocycles. The summed E-state index contributed by atoms with van der Waals surface area (Å²) in [6.07, 6.45) is 5.80. The van der Waals surface area contributed by atoms with Crippen LogP contribution in [0, 0.1) is 5.92 Å². The first-order valence-electron chi connectivity index (χ1n) is 7.20. The number of halogens is 1. The van der Waals surface area contributed by atoms with E-state index in [1.807, 2.05) is 37.3 Å². The number of hydrogen-bond donors (Lipinski definition) is 1. The SMILES string of the molecule is CC(C(=O)NC(c1ccc(Cl)cc1)C1CC1)n1cccn1. The summed E-state index contributed by atoms with van der Waals surface area (Å²) in [5.41, 5.74) is 1.11. The van der Waals surface area contributed by atoms with Gasteiger partial charge in [-0.1, -0.05) is 23.7 Å². The molecule has 1 amide bonds. The fourth-order valence-corrected chi connectivity index (χ4v) is 2.60. The Bertz CT molecular complexity index is 605. The largest absolute Gasteiger partial charge is 0.347 e. The normalized spacial score (nSPS) is 17.2. The molecule has 4 nitrogen and oxygen atoms in total. The molecule has 0 spiro atoms. The number of carbonyl (C=O) groups is 1. The van der Waals surface area contributed by atoms with Crippen LogP contribution in [0.15, 0.2) is 42.7 Å². The molecule has 1 saturated carbocycles. The molecule has 0 bridgehead atoms. The van der Waals surface area contributed by atoms with Gasteiger partial charge in [-0.3, -0.25) is 9.48 Å². The molecule has 2 aromatic rings. The number of rotatable bonds is 5. The van der Waals surface area contributed by atoms with Gasteiger partial charge in [-0.15, -0.1) is 0 Å². The second kappa shape index (κ2) is 5.90. The van der Waals surface area contributed by atoms with Gasteiger partial charge in [0.1, 0.15) is 6.04 Å². The van der Waals surface area contributed by atoms with E-state index in [1.54, 1.807) is 17.1 Å². The third kappa shape index (κ3) is 3.27. The lowest BCUT2D eigenvalue weighted by atomic mass is 10.0. The standard InChI is InChI=1S/C16H18ClN3O/c1-11(20-10-2-9-18-20)16(21)19-15(12-3-4-12)13-5-7-14(17)8-6-13/h2,5-12,15H,3-4H2,1H3,(H,19,21). The molecule has 1 aliphatic rings. The van der Waals surface area contributed by atoms with Crippen molar-refractivity contribution in [1.82, 2.24) is 15.1 Å². The molecule has 2 unspecified atom stereocenters. The summed E-state index contributed by atoms with van der Waals surface area (Å²) in [7, 11) is 0. The van der Waals surface area contributed by atoms with Gasteiger partial charge in [0.25, 0.3) is 0 Å². The number of benzene rings is 1. The number of nitrogens with zero attached hydrogens (tertiary/aromatic N) is 2. The van der Waals surface area contributed by atoms with Crippen LogP contribution in [0.4, 0.5) is 0 Å². The number of hydrogen-bond acceptors (Lipinski definition) is 2. The van der Waals surface area contributed by atoms with Crippen LogP contribution in [-0.4, -0.2) is 15.7 Å². The Balaban J connectivity index is 1.73. The molecular formula is C16H18ClN3O. The van der Waals surface area contributed by atoms with Crippen LogP contribution in [0.5, 0.6) is 0 Å². The Morgan fingerprint density at radius 3 is 2.67 bits per heavy atom. The summed E-state index contributed by atoms with van der Waals surface area (Å²) in [5.74, 6) is 0.519. The van der Waals surface area contributed by atoms with Gasteiger partial charge in [0, 0.05) is 17.4 Å². The van der Waals surface area contributed by atoms with E-state index in [4.69, 9.17) is 11.6 Å². The molecule has 5 heteroatoms. The molecule has 3 rings (SSSR count). The summed E-state index contributed by atoms with van der Waals surface area (Å²) in [6.45, 7) is 1.86. The lowest BCUT2D eigenvalue weighted by Crippen LogP contribution is -2.35. The molecular weight excluding hydrogens is 286 g/mol. The van der Waals surface area contributed by atoms with E-state index in [9.17, 15) is 4.79 Å². The first kappa shape index (κ1) is 14.1. The number of aromatic nitrogens is 2. The highest BCUT2D eigenvalue weighted by Crippen LogP contribution is 2.41. The van der Waals surface area contributed by atoms with Gasteiger partial charge >= 0.3 is 0 Å². The second-order valence-corrected chi connectivity index (χ2v) is 5.97. The summed E-state index contributed by atoms with van der Waals surface area (Å²) < 4.78 is 1.67. The van der Waals surface area contributed by atoms with Gasteiger partial charge in [-0.2, -0.15) is 5.10 Å². The van der Waals surface area contributed by atoms with Crippen molar-refractivity contribution in [2.45, 2.75) is 31.8 Å². The second-order valence-electron chi connectivity index (χ2n) is 5.54. The van der Waals surface area contributed by atoms with Gasteiger partial charge in [-0.25, -0.2) is 0 Å². The Labute approximate surface area is 129 Å². The molecule has 1 N–H and O–H groups in total. The van der Waals surface area contributed by atoms with Gasteiger partial charge < -0.3 is 5.32 Å². The highest BCUT2D eigenvalue weighted by atomic mass is 35.5. The smallest absolute Gasteiger partial charge is 0.245 e. The van der Waals surface area contributed by atoms with Gasteiger partial charge in [0.15, 0.2) is 0 Å². The molecule has 110 valence electrons. The lowest BCUT2D eigenvalue weighted by molar-refractivity contribution is -0.125. The van der Waals surface area contributed by atoms with Gasteiger partial charge in [0.2, 0.25) is 5.91 Å². The monoisotopic (exact) mass is 303 g/mol. The quantitative estimate of drug-likeness (QED) is 0.920. The highest BCUT2D eigenvalue weighted by Gasteiger charge is 2.34. The van der Waals surface area contributed by atoms with Crippen molar-refractivity contribution in [3.63, 3.8) is 0 Å². The van der Waals surface area contributed by atoms with E-state index >= 15 is 0 Å². The molecule has 21 heavy (non-hydrogen) atoms. The van der Waals surface area contributed by atoms with Crippen molar-refractivity contribution in [3.05, 3.63) is 53.3 Å². The van der Waals surface area contributed by atoms with E-state index in [-0.39, 0.29) is 18.0 Å². The topological polar surface area (TPSA) is 46.9 Å². The van der Waals surface area contributed by atoms with Crippen molar-refractivity contribution >= 4 is 17.5 Å². The minimum absolute atomic E-state index is 0.00875. The summed E-state index contributed by atoms with van der Waals surface area (Å²) in [4.78, 5) is 12.4. The van der Waals surface area contributed by atoms with Crippen LogP contribution in [0.3, 0.4) is 0 Å². The Kier molecular flexibility index (Phi) is 3.97. The minimum Gasteiger partial charge on any atom is -0.347 e. The fourth-order valence-electron chi connectivity index (χ4n) is 2.48. The number of nitrogens with one attached hydrogen (secondary N) is 1. The number of carbonyl (C=O) groups excluding carboxylic acids is 1. The van der Waals surface area contributed by atoms with Crippen LogP contribution in [0.1, 0.15) is 37.4 Å². The van der Waals surface area contributed by atoms with Crippen molar-refractivity contribution in [3.8, 4) is 0 Å². The molecule has 2 atom stereocenters. The zero-order valence-corrected chi connectivity index (χ0v) is 12.6. The van der Waals surface area contributed by atoms with Crippen LogP contribution < -0.4 is 5.32 Å². The van der Waals surface area contributed by atoms with Crippen LogP contribution in [0.25, 0.3) is 0 Å². The summed E-state index contributed by atoms with van der Waals surface area (Å²) in [5, 5.41) is 8.00.